The van der Waals surface area contributed by atoms with Gasteiger partial charge in [-0.05, 0) is 64.2 Å². The lowest BCUT2D eigenvalue weighted by atomic mass is 9.98. The summed E-state index contributed by atoms with van der Waals surface area (Å²) in [6.45, 7) is 3.36. The molecule has 1 saturated heterocycles. The average molecular weight is 784 g/mol. The van der Waals surface area contributed by atoms with E-state index in [1.165, 1.54) is 77.0 Å². The molecular weight excluding hydrogens is 702 g/mol. The molecule has 0 bridgehead atoms. The monoisotopic (exact) mass is 784 g/mol. The van der Waals surface area contributed by atoms with Crippen molar-refractivity contribution in [1.82, 2.24) is 5.32 Å². The molecule has 1 rings (SSSR count). The van der Waals surface area contributed by atoms with Gasteiger partial charge < -0.3 is 50.5 Å². The first-order valence-corrected chi connectivity index (χ1v) is 21.9. The number of unbranched alkanes of at least 4 members (excludes halogenated alkanes) is 17. The fourth-order valence-electron chi connectivity index (χ4n) is 6.71. The van der Waals surface area contributed by atoms with Gasteiger partial charge in [-0.15, -0.1) is 0 Å². The topological polar surface area (TPSA) is 189 Å². The van der Waals surface area contributed by atoms with E-state index in [0.29, 0.717) is 19.3 Å². The maximum atomic E-state index is 13.0. The largest absolute Gasteiger partial charge is 0.394 e. The minimum atomic E-state index is -1.67. The summed E-state index contributed by atoms with van der Waals surface area (Å²) in [5.74, 6) is -0.715. The molecule has 9 unspecified atom stereocenters. The number of aliphatic hydroxyl groups excluding tert-OH is 7. The van der Waals surface area contributed by atoms with Crippen molar-refractivity contribution in [3.63, 3.8) is 0 Å². The number of nitrogens with one attached hydrogen (secondary N) is 1. The molecule has 1 heterocycles. The van der Waals surface area contributed by atoms with Crippen LogP contribution in [0.25, 0.3) is 0 Å². The van der Waals surface area contributed by atoms with Crippen molar-refractivity contribution in [3.05, 3.63) is 36.5 Å². The molecule has 55 heavy (non-hydrogen) atoms. The third-order valence-electron chi connectivity index (χ3n) is 10.4. The molecule has 0 aliphatic carbocycles. The minimum absolute atomic E-state index is 0.241. The number of hydrogen-bond donors (Lipinski definition) is 8. The second-order valence-electron chi connectivity index (χ2n) is 15.4. The summed E-state index contributed by atoms with van der Waals surface area (Å²) in [7, 11) is 0. The molecule has 1 fully saturated rings. The second-order valence-corrected chi connectivity index (χ2v) is 15.4. The lowest BCUT2D eigenvalue weighted by Crippen LogP contribution is -2.60. The van der Waals surface area contributed by atoms with Crippen molar-refractivity contribution in [3.8, 4) is 0 Å². The third kappa shape index (κ3) is 24.7. The maximum absolute atomic E-state index is 13.0. The quantitative estimate of drug-likeness (QED) is 0.0262. The Balaban J connectivity index is 2.54. The maximum Gasteiger partial charge on any atom is 0.249 e. The molecule has 9 atom stereocenters. The number of amides is 1. The number of carbonyl (C=O) groups is 1. The number of rotatable bonds is 35. The zero-order valence-electron chi connectivity index (χ0n) is 34.4. The van der Waals surface area contributed by atoms with Crippen LogP contribution in [0.2, 0.25) is 0 Å². The highest BCUT2D eigenvalue weighted by Gasteiger charge is 2.44. The van der Waals surface area contributed by atoms with Crippen molar-refractivity contribution in [2.45, 2.75) is 223 Å². The summed E-state index contributed by atoms with van der Waals surface area (Å²) < 4.78 is 11.0. The molecule has 1 aliphatic heterocycles. The van der Waals surface area contributed by atoms with E-state index in [1.54, 1.807) is 0 Å². The van der Waals surface area contributed by atoms with Crippen molar-refractivity contribution < 1.29 is 50.0 Å². The number of ether oxygens (including phenoxy) is 2. The Morgan fingerprint density at radius 3 is 1.62 bits per heavy atom. The van der Waals surface area contributed by atoms with Gasteiger partial charge in [-0.1, -0.05) is 140 Å². The van der Waals surface area contributed by atoms with Gasteiger partial charge in [0.25, 0.3) is 0 Å². The van der Waals surface area contributed by atoms with Crippen LogP contribution < -0.4 is 5.32 Å². The van der Waals surface area contributed by atoms with Gasteiger partial charge in [-0.2, -0.15) is 0 Å². The summed E-state index contributed by atoms with van der Waals surface area (Å²) >= 11 is 0. The highest BCUT2D eigenvalue weighted by atomic mass is 16.7. The number of hydrogen-bond acceptors (Lipinski definition) is 10. The van der Waals surface area contributed by atoms with Crippen molar-refractivity contribution in [2.75, 3.05) is 13.2 Å². The Bertz CT molecular complexity index is 992. The predicted octanol–water partition coefficient (Wildman–Crippen LogP) is 6.44. The molecule has 1 amide bonds. The van der Waals surface area contributed by atoms with Crippen LogP contribution in [0, 0.1) is 0 Å². The molecular formula is C44H81NO10. The van der Waals surface area contributed by atoms with Gasteiger partial charge in [-0.3, -0.25) is 4.79 Å². The van der Waals surface area contributed by atoms with Crippen LogP contribution in [-0.2, 0) is 14.3 Å². The van der Waals surface area contributed by atoms with Gasteiger partial charge in [0.1, 0.15) is 36.6 Å². The van der Waals surface area contributed by atoms with Crippen LogP contribution in [0.5, 0.6) is 0 Å². The van der Waals surface area contributed by atoms with Crippen LogP contribution in [0.3, 0.4) is 0 Å². The average Bonchev–Trinajstić information content (AvgIpc) is 3.18. The van der Waals surface area contributed by atoms with Crippen LogP contribution in [0.4, 0.5) is 0 Å². The summed E-state index contributed by atoms with van der Waals surface area (Å²) in [4.78, 5) is 13.0. The molecule has 8 N–H and O–H groups in total. The molecule has 0 spiro atoms. The van der Waals surface area contributed by atoms with E-state index in [-0.39, 0.29) is 12.8 Å². The Morgan fingerprint density at radius 1 is 0.618 bits per heavy atom. The zero-order valence-corrected chi connectivity index (χ0v) is 34.4. The van der Waals surface area contributed by atoms with Crippen molar-refractivity contribution in [2.24, 2.45) is 0 Å². The molecule has 0 saturated carbocycles. The second kappa shape index (κ2) is 34.4. The summed E-state index contributed by atoms with van der Waals surface area (Å²) in [6.07, 6.45) is 26.2. The van der Waals surface area contributed by atoms with Crippen LogP contribution in [0.1, 0.15) is 168 Å². The minimum Gasteiger partial charge on any atom is -0.394 e. The molecule has 0 radical (unpaired) electrons. The van der Waals surface area contributed by atoms with Crippen LogP contribution >= 0.6 is 0 Å². The van der Waals surface area contributed by atoms with E-state index < -0.39 is 74.2 Å². The predicted molar refractivity (Wildman–Crippen MR) is 219 cm³/mol. The Kier molecular flexibility index (Phi) is 32.1. The van der Waals surface area contributed by atoms with Crippen LogP contribution in [0.15, 0.2) is 36.5 Å². The van der Waals surface area contributed by atoms with E-state index in [4.69, 9.17) is 9.47 Å². The molecule has 1 aliphatic rings. The fourth-order valence-corrected chi connectivity index (χ4v) is 6.71. The SMILES string of the molecule is CCCCC/C=C/CC/C=C/CC/C=C/CCCC(O)C(O)C(COC1OC(CO)C(O)C(O)C1O)NC(=O)C(O)CCCCCCCCCCCCCC. The zero-order chi connectivity index (χ0) is 40.5. The van der Waals surface area contributed by atoms with Gasteiger partial charge >= 0.3 is 0 Å². The highest BCUT2D eigenvalue weighted by Crippen LogP contribution is 2.23. The normalized spacial score (nSPS) is 22.8. The first-order valence-electron chi connectivity index (χ1n) is 21.9. The van der Waals surface area contributed by atoms with E-state index in [1.807, 2.05) is 0 Å². The number of allylic oxidation sites excluding steroid dienone is 6. The van der Waals surface area contributed by atoms with E-state index >= 15 is 0 Å². The Labute approximate surface area is 333 Å². The first-order chi connectivity index (χ1) is 26.7. The van der Waals surface area contributed by atoms with E-state index in [9.17, 15) is 40.5 Å². The summed E-state index contributed by atoms with van der Waals surface area (Å²) in [5, 5.41) is 75.4. The van der Waals surface area contributed by atoms with Crippen LogP contribution in [-0.4, -0.2) is 110 Å². The van der Waals surface area contributed by atoms with Gasteiger partial charge in [0.05, 0.1) is 25.4 Å². The highest BCUT2D eigenvalue weighted by molar-refractivity contribution is 5.80. The van der Waals surface area contributed by atoms with Gasteiger partial charge in [0.15, 0.2) is 6.29 Å². The van der Waals surface area contributed by atoms with Gasteiger partial charge in [-0.25, -0.2) is 0 Å². The van der Waals surface area contributed by atoms with Gasteiger partial charge in [0.2, 0.25) is 5.91 Å². The molecule has 0 aromatic rings. The molecule has 11 heteroatoms. The number of carbonyl (C=O) groups excluding carboxylic acids is 1. The van der Waals surface area contributed by atoms with Gasteiger partial charge in [0, 0.05) is 0 Å². The molecule has 11 nitrogen and oxygen atoms in total. The smallest absolute Gasteiger partial charge is 0.249 e. The Morgan fingerprint density at radius 2 is 1.09 bits per heavy atom. The Hall–Kier alpha value is -1.67. The molecule has 0 aromatic carbocycles. The summed E-state index contributed by atoms with van der Waals surface area (Å²) in [6, 6.07) is -1.19. The molecule has 0 aromatic heterocycles. The first kappa shape index (κ1) is 51.3. The fraction of sp³-hybridized carbons (Fsp3) is 0.841. The van der Waals surface area contributed by atoms with E-state index in [2.05, 4.69) is 55.6 Å². The molecule has 322 valence electrons. The van der Waals surface area contributed by atoms with Crippen molar-refractivity contribution in [1.29, 1.82) is 0 Å². The number of aliphatic hydroxyl groups is 7. The lowest BCUT2D eigenvalue weighted by Gasteiger charge is -2.40. The van der Waals surface area contributed by atoms with Crippen molar-refractivity contribution >= 4 is 5.91 Å². The third-order valence-corrected chi connectivity index (χ3v) is 10.4. The standard InChI is InChI=1S/C44H81NO10/c1-3-5-7-9-11-13-15-17-18-19-20-22-23-25-27-29-31-36(47)39(49)35(34-54-44-42(52)41(51)40(50)38(33-46)55-44)45-43(53)37(48)32-30-28-26-24-21-16-14-12-10-8-6-4-2/h11,13,18-19,23,25,35-42,44,46-52H,3-10,12,14-17,20-22,24,26-34H2,1-2H3,(H,45,53)/b13-11+,19-18+,25-23+. The van der Waals surface area contributed by atoms with E-state index in [0.717, 1.165) is 44.9 Å². The summed E-state index contributed by atoms with van der Waals surface area (Å²) in [5.41, 5.74) is 0. The lowest BCUT2D eigenvalue weighted by molar-refractivity contribution is -0.303.